The Labute approximate surface area is 126 Å². The summed E-state index contributed by atoms with van der Waals surface area (Å²) < 4.78 is 45.5. The Balaban J connectivity index is 2.74. The van der Waals surface area contributed by atoms with E-state index in [9.17, 15) is 16.8 Å². The van der Waals surface area contributed by atoms with E-state index >= 15 is 0 Å². The van der Waals surface area contributed by atoms with E-state index in [1.54, 1.807) is 19.1 Å². The first kappa shape index (κ1) is 18.1. The van der Waals surface area contributed by atoms with Gasteiger partial charge in [-0.25, -0.2) is 22.0 Å². The fourth-order valence-electron chi connectivity index (χ4n) is 2.02. The quantitative estimate of drug-likeness (QED) is 0.767. The second-order valence-corrected chi connectivity index (χ2v) is 9.06. The van der Waals surface area contributed by atoms with Gasteiger partial charge < -0.3 is 5.32 Å². The highest BCUT2D eigenvalue weighted by Crippen LogP contribution is 2.16. The number of hydrogen-bond donors (Lipinski definition) is 2. The molecule has 0 bridgehead atoms. The molecule has 1 aromatic rings. The highest BCUT2D eigenvalue weighted by atomic mass is 32.2. The van der Waals surface area contributed by atoms with Gasteiger partial charge in [-0.15, -0.1) is 0 Å². The molecule has 1 aromatic carbocycles. The molecule has 0 saturated heterocycles. The maximum absolute atomic E-state index is 11.6. The molecule has 2 atom stereocenters. The van der Waals surface area contributed by atoms with Crippen molar-refractivity contribution < 1.29 is 16.8 Å². The van der Waals surface area contributed by atoms with Gasteiger partial charge in [0, 0.05) is 17.8 Å². The lowest BCUT2D eigenvalue weighted by Gasteiger charge is -2.20. The third-order valence-corrected chi connectivity index (χ3v) is 6.00. The largest absolute Gasteiger partial charge is 0.307 e. The predicted molar refractivity (Wildman–Crippen MR) is 83.2 cm³/mol. The molecule has 6 nitrogen and oxygen atoms in total. The Hall–Kier alpha value is -0.960. The van der Waals surface area contributed by atoms with Crippen molar-refractivity contribution in [2.24, 2.45) is 5.14 Å². The van der Waals surface area contributed by atoms with Crippen LogP contribution in [0.25, 0.3) is 0 Å². The summed E-state index contributed by atoms with van der Waals surface area (Å²) in [6, 6.07) is 5.92. The van der Waals surface area contributed by atoms with Crippen molar-refractivity contribution in [1.82, 2.24) is 5.32 Å². The van der Waals surface area contributed by atoms with Gasteiger partial charge >= 0.3 is 0 Å². The number of rotatable bonds is 7. The Morgan fingerprint density at radius 2 is 1.62 bits per heavy atom. The van der Waals surface area contributed by atoms with Crippen LogP contribution in [0.5, 0.6) is 0 Å². The van der Waals surface area contributed by atoms with Crippen LogP contribution < -0.4 is 10.5 Å². The normalized spacial score (nSPS) is 15.6. The van der Waals surface area contributed by atoms with E-state index in [0.29, 0.717) is 0 Å². The minimum Gasteiger partial charge on any atom is -0.307 e. The van der Waals surface area contributed by atoms with E-state index in [1.165, 1.54) is 12.1 Å². The molecule has 3 N–H and O–H groups in total. The summed E-state index contributed by atoms with van der Waals surface area (Å²) in [6.45, 7) is 5.32. The summed E-state index contributed by atoms with van der Waals surface area (Å²) in [6.07, 6.45) is 0. The van der Waals surface area contributed by atoms with Gasteiger partial charge in [-0.3, -0.25) is 0 Å². The number of nitrogens with two attached hydrogens (primary N) is 1. The number of sulfonamides is 1. The maximum atomic E-state index is 11.6. The van der Waals surface area contributed by atoms with E-state index in [0.717, 1.165) is 5.56 Å². The topological polar surface area (TPSA) is 106 Å². The minimum atomic E-state index is -3.70. The van der Waals surface area contributed by atoms with Crippen LogP contribution >= 0.6 is 0 Å². The molecular formula is C13H22N2O4S2. The molecular weight excluding hydrogens is 312 g/mol. The molecule has 0 aliphatic heterocycles. The Kier molecular flexibility index (Phi) is 5.92. The van der Waals surface area contributed by atoms with Crippen molar-refractivity contribution in [2.45, 2.75) is 37.8 Å². The first-order chi connectivity index (χ1) is 9.55. The fraction of sp³-hybridized carbons (Fsp3) is 0.538. The smallest absolute Gasteiger partial charge is 0.238 e. The van der Waals surface area contributed by atoms with Gasteiger partial charge in [-0.05, 0) is 31.5 Å². The molecule has 2 unspecified atom stereocenters. The van der Waals surface area contributed by atoms with Gasteiger partial charge in [0.25, 0.3) is 0 Å². The van der Waals surface area contributed by atoms with Crippen molar-refractivity contribution in [3.05, 3.63) is 29.8 Å². The molecule has 0 amide bonds. The van der Waals surface area contributed by atoms with Crippen LogP contribution in [0, 0.1) is 0 Å². The first-order valence-corrected chi connectivity index (χ1v) is 10.0. The lowest BCUT2D eigenvalue weighted by atomic mass is 10.1. The van der Waals surface area contributed by atoms with Crippen LogP contribution in [-0.2, 0) is 19.9 Å². The molecule has 1 rings (SSSR count). The van der Waals surface area contributed by atoms with E-state index in [2.05, 4.69) is 5.32 Å². The van der Waals surface area contributed by atoms with Crippen LogP contribution in [0.3, 0.4) is 0 Å². The molecule has 120 valence electrons. The summed E-state index contributed by atoms with van der Waals surface area (Å²) in [5, 5.41) is 8.22. The molecule has 0 radical (unpaired) electrons. The summed E-state index contributed by atoms with van der Waals surface area (Å²) >= 11 is 0. The average molecular weight is 334 g/mol. The Morgan fingerprint density at radius 3 is 2.05 bits per heavy atom. The van der Waals surface area contributed by atoms with Gasteiger partial charge in [0.2, 0.25) is 10.0 Å². The number of hydrogen-bond acceptors (Lipinski definition) is 5. The Bertz CT molecular complexity index is 667. The average Bonchev–Trinajstić information content (AvgIpc) is 2.37. The highest BCUT2D eigenvalue weighted by molar-refractivity contribution is 7.91. The van der Waals surface area contributed by atoms with Crippen LogP contribution in [0.2, 0.25) is 0 Å². The predicted octanol–water partition coefficient (Wildman–Crippen LogP) is 0.808. The fourth-order valence-corrected chi connectivity index (χ4v) is 3.63. The summed E-state index contributed by atoms with van der Waals surface area (Å²) in [5.41, 5.74) is 0.864. The third kappa shape index (κ3) is 5.74. The van der Waals surface area contributed by atoms with Crippen molar-refractivity contribution in [3.63, 3.8) is 0 Å². The molecule has 0 saturated carbocycles. The highest BCUT2D eigenvalue weighted by Gasteiger charge is 2.16. The molecule has 0 aromatic heterocycles. The number of benzene rings is 1. The zero-order valence-electron chi connectivity index (χ0n) is 12.4. The summed E-state index contributed by atoms with van der Waals surface area (Å²) in [4.78, 5) is 0.0556. The minimum absolute atomic E-state index is 0.0556. The van der Waals surface area contributed by atoms with Gasteiger partial charge in [0.15, 0.2) is 9.84 Å². The van der Waals surface area contributed by atoms with Crippen molar-refractivity contribution in [1.29, 1.82) is 0 Å². The van der Waals surface area contributed by atoms with Crippen LogP contribution in [-0.4, -0.2) is 34.4 Å². The molecule has 0 aliphatic rings. The summed E-state index contributed by atoms with van der Waals surface area (Å²) in [5.74, 6) is 0.194. The first-order valence-electron chi connectivity index (χ1n) is 6.64. The van der Waals surface area contributed by atoms with Crippen LogP contribution in [0.15, 0.2) is 29.2 Å². The molecule has 0 heterocycles. The summed E-state index contributed by atoms with van der Waals surface area (Å²) in [7, 11) is -6.73. The van der Waals surface area contributed by atoms with E-state index in [1.807, 2.05) is 13.8 Å². The zero-order chi connectivity index (χ0) is 16.3. The van der Waals surface area contributed by atoms with E-state index in [-0.39, 0.29) is 28.5 Å². The van der Waals surface area contributed by atoms with Crippen molar-refractivity contribution in [2.75, 3.05) is 11.5 Å². The van der Waals surface area contributed by atoms with Crippen molar-refractivity contribution >= 4 is 19.9 Å². The van der Waals surface area contributed by atoms with Gasteiger partial charge in [-0.1, -0.05) is 19.1 Å². The van der Waals surface area contributed by atoms with Gasteiger partial charge in [0.05, 0.1) is 10.6 Å². The number of nitrogens with one attached hydrogen (secondary N) is 1. The van der Waals surface area contributed by atoms with Crippen LogP contribution in [0.4, 0.5) is 0 Å². The molecule has 0 spiro atoms. The second kappa shape index (κ2) is 6.87. The van der Waals surface area contributed by atoms with Crippen molar-refractivity contribution in [3.8, 4) is 0 Å². The second-order valence-electron chi connectivity index (χ2n) is 5.10. The van der Waals surface area contributed by atoms with Gasteiger partial charge in [0.1, 0.15) is 0 Å². The SMILES string of the molecule is CCS(=O)(=O)CC(C)NC(C)c1ccc(S(N)(=O)=O)cc1. The zero-order valence-corrected chi connectivity index (χ0v) is 14.0. The molecule has 21 heavy (non-hydrogen) atoms. The van der Waals surface area contributed by atoms with Gasteiger partial charge in [-0.2, -0.15) is 0 Å². The standard InChI is InChI=1S/C13H22N2O4S2/c1-4-20(16,17)9-10(2)15-11(3)12-5-7-13(8-6-12)21(14,18)19/h5-8,10-11,15H,4,9H2,1-3H3,(H2,14,18,19). The van der Waals surface area contributed by atoms with E-state index < -0.39 is 19.9 Å². The molecule has 0 aliphatic carbocycles. The lowest BCUT2D eigenvalue weighted by molar-refractivity contribution is 0.499. The molecule has 0 fully saturated rings. The third-order valence-electron chi connectivity index (χ3n) is 3.19. The maximum Gasteiger partial charge on any atom is 0.238 e. The Morgan fingerprint density at radius 1 is 1.10 bits per heavy atom. The van der Waals surface area contributed by atoms with Crippen LogP contribution in [0.1, 0.15) is 32.4 Å². The van der Waals surface area contributed by atoms with E-state index in [4.69, 9.17) is 5.14 Å². The number of sulfone groups is 1. The number of primary sulfonamides is 1. The lowest BCUT2D eigenvalue weighted by Crippen LogP contribution is -2.35. The monoisotopic (exact) mass is 334 g/mol. The molecule has 8 heteroatoms.